The van der Waals surface area contributed by atoms with Crippen molar-refractivity contribution in [3.8, 4) is 6.07 Å². The molecule has 1 N–H and O–H groups in total. The number of carbonyl (C=O) groups excluding carboxylic acids is 4. The molecule has 0 spiro atoms. The number of nitrogens with one attached hydrogen (secondary N) is 1. The summed E-state index contributed by atoms with van der Waals surface area (Å²) in [6.45, 7) is -0.593. The lowest BCUT2D eigenvalue weighted by Gasteiger charge is -2.14. The molecule has 0 saturated heterocycles. The molecule has 192 valence electrons. The predicted octanol–water partition coefficient (Wildman–Crippen LogP) is 1.36. The maximum atomic E-state index is 12.8. The van der Waals surface area contributed by atoms with Crippen LogP contribution in [0.4, 0.5) is 0 Å². The molecule has 2 heterocycles. The second kappa shape index (κ2) is 11.7. The second-order valence-electron chi connectivity index (χ2n) is 7.93. The molecule has 1 aliphatic carbocycles. The van der Waals surface area contributed by atoms with Gasteiger partial charge in [0.25, 0.3) is 5.91 Å². The van der Waals surface area contributed by atoms with Crippen LogP contribution < -0.4 is 5.32 Å². The Labute approximate surface area is 215 Å². The van der Waals surface area contributed by atoms with E-state index >= 15 is 0 Å². The number of aryl methyl sites for hydroxylation is 1. The van der Waals surface area contributed by atoms with Crippen molar-refractivity contribution >= 4 is 23.8 Å². The molecule has 1 atom stereocenters. The fourth-order valence-corrected chi connectivity index (χ4v) is 3.76. The number of ether oxygens (including phenoxy) is 3. The highest BCUT2D eigenvalue weighted by Crippen LogP contribution is 2.31. The van der Waals surface area contributed by atoms with E-state index in [9.17, 15) is 19.2 Å². The number of rotatable bonds is 8. The van der Waals surface area contributed by atoms with Crippen LogP contribution in [0.2, 0.25) is 0 Å². The summed E-state index contributed by atoms with van der Waals surface area (Å²) in [5.41, 5.74) is 2.04. The molecule has 1 aliphatic rings. The van der Waals surface area contributed by atoms with E-state index in [2.05, 4.69) is 36.1 Å². The van der Waals surface area contributed by atoms with Gasteiger partial charge in [0, 0.05) is 12.1 Å². The quantitative estimate of drug-likeness (QED) is 0.258. The Hall–Kier alpha value is -5.25. The molecule has 0 aliphatic heterocycles. The van der Waals surface area contributed by atoms with Gasteiger partial charge in [0.2, 0.25) is 0 Å². The van der Waals surface area contributed by atoms with Crippen molar-refractivity contribution in [3.63, 3.8) is 0 Å². The van der Waals surface area contributed by atoms with Gasteiger partial charge in [-0.1, -0.05) is 6.07 Å². The van der Waals surface area contributed by atoms with Crippen LogP contribution in [0, 0.1) is 11.3 Å². The van der Waals surface area contributed by atoms with Gasteiger partial charge in [0.15, 0.2) is 17.1 Å². The normalized spacial score (nSPS) is 13.5. The van der Waals surface area contributed by atoms with Gasteiger partial charge in [0.05, 0.1) is 24.8 Å². The minimum atomic E-state index is -0.855. The number of methoxy groups -OCH3 is 1. The maximum Gasteiger partial charge on any atom is 0.357 e. The lowest BCUT2D eigenvalue weighted by molar-refractivity contribution is 0.0258. The first kappa shape index (κ1) is 25.8. The van der Waals surface area contributed by atoms with E-state index in [0.717, 1.165) is 36.3 Å². The van der Waals surface area contributed by atoms with Gasteiger partial charge in [-0.3, -0.25) is 4.79 Å². The van der Waals surface area contributed by atoms with Crippen LogP contribution in [0.15, 0.2) is 43.0 Å². The monoisotopic (exact) mass is 516 g/mol. The molecule has 1 amide bonds. The number of amides is 1. The molecule has 0 bridgehead atoms. The zero-order valence-corrected chi connectivity index (χ0v) is 20.0. The largest absolute Gasteiger partial charge is 0.464 e. The van der Waals surface area contributed by atoms with E-state index in [0.29, 0.717) is 12.0 Å². The standard InChI is InChI=1S/C25H20N6O7/c1-36-23(33)19-10-21(30-13-28-19)25(35)38-7-6-37-24(34)20-9-18(27-12-29-20)22(32)31-17-5-3-15-8-14(11-26)2-4-16(15)17/h2,4,8-10,12-13,17H,3,5-7H2,1H3,(H,31,32)/t17-/m0/s1. The van der Waals surface area contributed by atoms with Crippen LogP contribution >= 0.6 is 0 Å². The lowest BCUT2D eigenvalue weighted by Crippen LogP contribution is -2.28. The van der Waals surface area contributed by atoms with Crippen molar-refractivity contribution < 1.29 is 33.4 Å². The summed E-state index contributed by atoms with van der Waals surface area (Å²) in [5.74, 6) is -2.93. The molecule has 0 fully saturated rings. The molecular formula is C25H20N6O7. The lowest BCUT2D eigenvalue weighted by atomic mass is 10.1. The fraction of sp³-hybridized carbons (Fsp3) is 0.240. The number of hydrogen-bond acceptors (Lipinski definition) is 12. The highest BCUT2D eigenvalue weighted by atomic mass is 16.6. The number of hydrogen-bond donors (Lipinski definition) is 1. The van der Waals surface area contributed by atoms with Crippen LogP contribution in [0.25, 0.3) is 0 Å². The molecule has 13 heteroatoms. The van der Waals surface area contributed by atoms with E-state index in [1.54, 1.807) is 6.07 Å². The Morgan fingerprint density at radius 2 is 1.47 bits per heavy atom. The van der Waals surface area contributed by atoms with Crippen molar-refractivity contribution in [1.29, 1.82) is 5.26 Å². The average molecular weight is 516 g/mol. The van der Waals surface area contributed by atoms with Crippen molar-refractivity contribution in [2.75, 3.05) is 20.3 Å². The molecule has 38 heavy (non-hydrogen) atoms. The summed E-state index contributed by atoms with van der Waals surface area (Å²) in [6, 6.07) is 9.50. The SMILES string of the molecule is COC(=O)c1cc(C(=O)OCCOC(=O)c2cc(C(=O)N[C@H]3CCc4cc(C#N)ccc43)ncn2)ncn1. The highest BCUT2D eigenvalue weighted by Gasteiger charge is 2.25. The van der Waals surface area contributed by atoms with Gasteiger partial charge in [0.1, 0.15) is 31.6 Å². The van der Waals surface area contributed by atoms with Gasteiger partial charge in [-0.15, -0.1) is 0 Å². The van der Waals surface area contributed by atoms with Crippen LogP contribution in [0.5, 0.6) is 0 Å². The summed E-state index contributed by atoms with van der Waals surface area (Å²) in [4.78, 5) is 64.0. The Kier molecular flexibility index (Phi) is 7.92. The predicted molar refractivity (Wildman–Crippen MR) is 126 cm³/mol. The van der Waals surface area contributed by atoms with Crippen molar-refractivity contribution in [2.24, 2.45) is 0 Å². The number of nitriles is 1. The molecule has 2 aromatic heterocycles. The molecule has 3 aromatic rings. The van der Waals surface area contributed by atoms with Crippen molar-refractivity contribution in [1.82, 2.24) is 25.3 Å². The van der Waals surface area contributed by atoms with Crippen LogP contribution in [-0.4, -0.2) is 64.1 Å². The Bertz CT molecular complexity index is 1450. The number of fused-ring (bicyclic) bond motifs is 1. The third kappa shape index (κ3) is 5.93. The highest BCUT2D eigenvalue weighted by molar-refractivity contribution is 5.95. The van der Waals surface area contributed by atoms with E-state index < -0.39 is 23.8 Å². The van der Waals surface area contributed by atoms with Crippen molar-refractivity contribution in [2.45, 2.75) is 18.9 Å². The number of benzene rings is 1. The zero-order valence-electron chi connectivity index (χ0n) is 20.0. The summed E-state index contributed by atoms with van der Waals surface area (Å²) in [7, 11) is 1.17. The number of aromatic nitrogens is 4. The molecule has 4 rings (SSSR count). The molecular weight excluding hydrogens is 496 g/mol. The van der Waals surface area contributed by atoms with E-state index in [1.807, 2.05) is 12.1 Å². The minimum Gasteiger partial charge on any atom is -0.464 e. The van der Waals surface area contributed by atoms with Crippen molar-refractivity contribution in [3.05, 3.63) is 82.5 Å². The molecule has 0 radical (unpaired) electrons. The van der Waals surface area contributed by atoms with Crippen LogP contribution in [0.3, 0.4) is 0 Å². The van der Waals surface area contributed by atoms with Gasteiger partial charge in [-0.2, -0.15) is 5.26 Å². The van der Waals surface area contributed by atoms with Gasteiger partial charge in [-0.25, -0.2) is 34.3 Å². The Morgan fingerprint density at radius 3 is 2.08 bits per heavy atom. The number of esters is 3. The minimum absolute atomic E-state index is 0.0226. The fourth-order valence-electron chi connectivity index (χ4n) is 3.76. The first-order chi connectivity index (χ1) is 18.4. The molecule has 0 saturated carbocycles. The topological polar surface area (TPSA) is 183 Å². The second-order valence-corrected chi connectivity index (χ2v) is 7.93. The van der Waals surface area contributed by atoms with E-state index in [1.165, 1.54) is 13.2 Å². The number of carbonyl (C=O) groups is 4. The summed E-state index contributed by atoms with van der Waals surface area (Å²) in [6.07, 6.45) is 3.49. The van der Waals surface area contributed by atoms with Gasteiger partial charge in [-0.05, 0) is 36.1 Å². The Balaban J connectivity index is 1.29. The van der Waals surface area contributed by atoms with Crippen LogP contribution in [0.1, 0.15) is 71.1 Å². The summed E-state index contributed by atoms with van der Waals surface area (Å²) >= 11 is 0. The van der Waals surface area contributed by atoms with E-state index in [-0.39, 0.29) is 42.0 Å². The van der Waals surface area contributed by atoms with Crippen LogP contribution in [-0.2, 0) is 20.6 Å². The summed E-state index contributed by atoms with van der Waals surface area (Å²) in [5, 5.41) is 11.9. The average Bonchev–Trinajstić information content (AvgIpc) is 3.36. The molecule has 1 aromatic carbocycles. The first-order valence-electron chi connectivity index (χ1n) is 11.3. The van der Waals surface area contributed by atoms with E-state index in [4.69, 9.17) is 14.7 Å². The summed E-state index contributed by atoms with van der Waals surface area (Å²) < 4.78 is 14.6. The first-order valence-corrected chi connectivity index (χ1v) is 11.3. The van der Waals surface area contributed by atoms with Gasteiger partial charge >= 0.3 is 17.9 Å². The maximum absolute atomic E-state index is 12.8. The third-order valence-electron chi connectivity index (χ3n) is 5.58. The van der Waals surface area contributed by atoms with Gasteiger partial charge < -0.3 is 19.5 Å². The molecule has 13 nitrogen and oxygen atoms in total. The smallest absolute Gasteiger partial charge is 0.357 e. The molecule has 0 unspecified atom stereocenters. The zero-order chi connectivity index (χ0) is 27.1. The number of nitrogens with zero attached hydrogens (tertiary/aromatic N) is 5. The third-order valence-corrected chi connectivity index (χ3v) is 5.58. The Morgan fingerprint density at radius 1 is 0.895 bits per heavy atom.